The van der Waals surface area contributed by atoms with Crippen molar-refractivity contribution < 1.29 is 0 Å². The number of aromatic nitrogens is 1. The topological polar surface area (TPSA) is 30.9 Å². The van der Waals surface area contributed by atoms with Crippen molar-refractivity contribution in [2.24, 2.45) is 12.8 Å². The molecule has 0 bridgehead atoms. The van der Waals surface area contributed by atoms with E-state index < -0.39 is 0 Å². The molecular weight excluding hydrogens is 336 g/mol. The Morgan fingerprint density at radius 2 is 1.83 bits per heavy atom. The van der Waals surface area contributed by atoms with E-state index in [1.165, 1.54) is 27.1 Å². The van der Waals surface area contributed by atoms with E-state index in [0.717, 1.165) is 23.6 Å². The van der Waals surface area contributed by atoms with Crippen molar-refractivity contribution in [1.82, 2.24) is 4.57 Å². The molecular formula is C20H23ClN2S. The molecule has 3 aromatic rings. The van der Waals surface area contributed by atoms with Crippen LogP contribution < -0.4 is 5.73 Å². The number of hydrogen-bond acceptors (Lipinski definition) is 2. The molecule has 2 N–H and O–H groups in total. The molecule has 0 saturated heterocycles. The first-order valence-electron chi connectivity index (χ1n) is 8.29. The normalized spacial score (nSPS) is 12.7. The summed E-state index contributed by atoms with van der Waals surface area (Å²) in [5.41, 5.74) is 10.2. The lowest BCUT2D eigenvalue weighted by Crippen LogP contribution is -2.21. The molecule has 1 unspecified atom stereocenters. The summed E-state index contributed by atoms with van der Waals surface area (Å²) in [4.78, 5) is 0. The lowest BCUT2D eigenvalue weighted by molar-refractivity contribution is 0.638. The Bertz CT molecular complexity index is 824. The zero-order valence-corrected chi connectivity index (χ0v) is 15.7. The van der Waals surface area contributed by atoms with Crippen LogP contribution in [-0.2, 0) is 19.2 Å². The zero-order chi connectivity index (χ0) is 17.1. The summed E-state index contributed by atoms with van der Waals surface area (Å²) >= 11 is 7.86. The summed E-state index contributed by atoms with van der Waals surface area (Å²) < 4.78 is 2.30. The zero-order valence-electron chi connectivity index (χ0n) is 14.1. The number of halogens is 1. The van der Waals surface area contributed by atoms with Crippen molar-refractivity contribution in [3.05, 3.63) is 64.7 Å². The summed E-state index contributed by atoms with van der Waals surface area (Å²) in [7, 11) is 2.15. The van der Waals surface area contributed by atoms with Gasteiger partial charge in [0.15, 0.2) is 0 Å². The highest BCUT2D eigenvalue weighted by Crippen LogP contribution is 2.35. The number of fused-ring (bicyclic) bond motifs is 1. The highest BCUT2D eigenvalue weighted by Gasteiger charge is 2.17. The molecule has 24 heavy (non-hydrogen) atoms. The number of rotatable bonds is 6. The predicted molar refractivity (Wildman–Crippen MR) is 106 cm³/mol. The lowest BCUT2D eigenvalue weighted by atomic mass is 10.0. The highest BCUT2D eigenvalue weighted by atomic mass is 35.5. The van der Waals surface area contributed by atoms with Gasteiger partial charge in [0.2, 0.25) is 0 Å². The van der Waals surface area contributed by atoms with Gasteiger partial charge in [-0.3, -0.25) is 0 Å². The fourth-order valence-electron chi connectivity index (χ4n) is 2.97. The smallest absolute Gasteiger partial charge is 0.0792 e. The van der Waals surface area contributed by atoms with Crippen molar-refractivity contribution in [2.45, 2.75) is 36.6 Å². The van der Waals surface area contributed by atoms with E-state index >= 15 is 0 Å². The number of para-hydroxylation sites is 1. The van der Waals surface area contributed by atoms with Gasteiger partial charge in [0.1, 0.15) is 0 Å². The van der Waals surface area contributed by atoms with Gasteiger partial charge in [0.25, 0.3) is 0 Å². The second-order valence-electron chi connectivity index (χ2n) is 6.15. The Kier molecular flexibility index (Phi) is 5.54. The minimum Gasteiger partial charge on any atom is -0.339 e. The first-order valence-corrected chi connectivity index (χ1v) is 9.65. The molecule has 0 aliphatic heterocycles. The second-order valence-corrected chi connectivity index (χ2v) is 7.55. The van der Waals surface area contributed by atoms with E-state index in [1.54, 1.807) is 0 Å². The lowest BCUT2D eigenvalue weighted by Gasteiger charge is -2.12. The van der Waals surface area contributed by atoms with Crippen LogP contribution in [0.15, 0.2) is 53.6 Å². The molecule has 1 heterocycles. The first kappa shape index (κ1) is 17.4. The fourth-order valence-corrected chi connectivity index (χ4v) is 4.25. The van der Waals surface area contributed by atoms with Gasteiger partial charge in [-0.2, -0.15) is 0 Å². The maximum atomic E-state index is 6.26. The number of thioether (sulfide) groups is 1. The molecule has 0 fully saturated rings. The highest BCUT2D eigenvalue weighted by molar-refractivity contribution is 7.98. The molecule has 0 radical (unpaired) electrons. The molecule has 0 aliphatic carbocycles. The third kappa shape index (κ3) is 3.64. The molecule has 3 rings (SSSR count). The molecule has 2 nitrogen and oxygen atoms in total. The van der Waals surface area contributed by atoms with Crippen molar-refractivity contribution in [1.29, 1.82) is 0 Å². The van der Waals surface area contributed by atoms with Crippen LogP contribution in [0.3, 0.4) is 0 Å². The predicted octanol–water partition coefficient (Wildman–Crippen LogP) is 5.40. The molecule has 0 spiro atoms. The molecule has 1 atom stereocenters. The van der Waals surface area contributed by atoms with Gasteiger partial charge in [-0.15, -0.1) is 11.8 Å². The summed E-state index contributed by atoms with van der Waals surface area (Å²) in [6.45, 7) is 2.15. The Balaban J connectivity index is 1.94. The number of nitrogens with two attached hydrogens (primary N) is 1. The van der Waals surface area contributed by atoms with E-state index in [0.29, 0.717) is 0 Å². The SMILES string of the molecule is CCC(N)Cc1c(SCc2ccc(Cl)cc2)n(C)c2ccccc12. The quantitative estimate of drug-likeness (QED) is 0.598. The largest absolute Gasteiger partial charge is 0.339 e. The summed E-state index contributed by atoms with van der Waals surface area (Å²) in [6.07, 6.45) is 1.91. The van der Waals surface area contributed by atoms with E-state index in [2.05, 4.69) is 54.9 Å². The number of nitrogens with zero attached hydrogens (tertiary/aromatic N) is 1. The Morgan fingerprint density at radius 3 is 2.54 bits per heavy atom. The molecule has 126 valence electrons. The first-order chi connectivity index (χ1) is 11.6. The molecule has 0 saturated carbocycles. The van der Waals surface area contributed by atoms with Gasteiger partial charge < -0.3 is 10.3 Å². The van der Waals surface area contributed by atoms with Crippen molar-refractivity contribution in [3.63, 3.8) is 0 Å². The van der Waals surface area contributed by atoms with Crippen molar-refractivity contribution >= 4 is 34.3 Å². The maximum Gasteiger partial charge on any atom is 0.0792 e. The van der Waals surface area contributed by atoms with E-state index in [1.807, 2.05) is 23.9 Å². The average Bonchev–Trinajstić information content (AvgIpc) is 2.87. The summed E-state index contributed by atoms with van der Waals surface area (Å²) in [5.74, 6) is 0.926. The third-order valence-corrected chi connectivity index (χ3v) is 5.96. The van der Waals surface area contributed by atoms with Crippen LogP contribution in [0.2, 0.25) is 5.02 Å². The van der Waals surface area contributed by atoms with Gasteiger partial charge >= 0.3 is 0 Å². The van der Waals surface area contributed by atoms with Gasteiger partial charge in [-0.05, 0) is 42.2 Å². The third-order valence-electron chi connectivity index (χ3n) is 4.43. The minimum absolute atomic E-state index is 0.200. The molecule has 0 aliphatic rings. The maximum absolute atomic E-state index is 6.26. The molecule has 1 aromatic heterocycles. The van der Waals surface area contributed by atoms with Crippen molar-refractivity contribution in [3.8, 4) is 0 Å². The number of hydrogen-bond donors (Lipinski definition) is 1. The van der Waals surface area contributed by atoms with Crippen LogP contribution in [0.1, 0.15) is 24.5 Å². The molecule has 2 aromatic carbocycles. The van der Waals surface area contributed by atoms with Crippen LogP contribution in [0, 0.1) is 0 Å². The van der Waals surface area contributed by atoms with Crippen LogP contribution in [-0.4, -0.2) is 10.6 Å². The van der Waals surface area contributed by atoms with Gasteiger partial charge in [0.05, 0.1) is 5.03 Å². The monoisotopic (exact) mass is 358 g/mol. The van der Waals surface area contributed by atoms with E-state index in [9.17, 15) is 0 Å². The van der Waals surface area contributed by atoms with E-state index in [-0.39, 0.29) is 6.04 Å². The van der Waals surface area contributed by atoms with Crippen LogP contribution in [0.5, 0.6) is 0 Å². The molecule has 0 amide bonds. The summed E-state index contributed by atoms with van der Waals surface area (Å²) in [5, 5.41) is 3.42. The Labute approximate surface area is 153 Å². The Morgan fingerprint density at radius 1 is 1.12 bits per heavy atom. The van der Waals surface area contributed by atoms with Crippen LogP contribution >= 0.6 is 23.4 Å². The van der Waals surface area contributed by atoms with Crippen LogP contribution in [0.4, 0.5) is 0 Å². The van der Waals surface area contributed by atoms with Gasteiger partial charge in [-0.1, -0.05) is 48.9 Å². The van der Waals surface area contributed by atoms with E-state index in [4.69, 9.17) is 17.3 Å². The Hall–Kier alpha value is -1.42. The standard InChI is InChI=1S/C20H23ClN2S/c1-3-16(22)12-18-17-6-4-5-7-19(17)23(2)20(18)24-13-14-8-10-15(21)11-9-14/h4-11,16H,3,12-13,22H2,1-2H3. The average molecular weight is 359 g/mol. The fraction of sp³-hybridized carbons (Fsp3) is 0.300. The van der Waals surface area contributed by atoms with Crippen molar-refractivity contribution in [2.75, 3.05) is 0 Å². The molecule has 4 heteroatoms. The van der Waals surface area contributed by atoms with Gasteiger partial charge in [-0.25, -0.2) is 0 Å². The number of aryl methyl sites for hydroxylation is 1. The second kappa shape index (κ2) is 7.64. The van der Waals surface area contributed by atoms with Gasteiger partial charge in [0, 0.05) is 34.8 Å². The van der Waals surface area contributed by atoms with Crippen LogP contribution in [0.25, 0.3) is 10.9 Å². The number of benzene rings is 2. The summed E-state index contributed by atoms with van der Waals surface area (Å²) in [6, 6.07) is 16.9. The minimum atomic E-state index is 0.200.